The fourth-order valence-electron chi connectivity index (χ4n) is 2.26. The normalized spacial score (nSPS) is 11.1. The van der Waals surface area contributed by atoms with E-state index in [9.17, 15) is 0 Å². The Kier molecular flexibility index (Phi) is 2.12. The van der Waals surface area contributed by atoms with Gasteiger partial charge in [-0.15, -0.1) is 0 Å². The highest BCUT2D eigenvalue weighted by Crippen LogP contribution is 2.30. The van der Waals surface area contributed by atoms with E-state index in [4.69, 9.17) is 11.6 Å². The first-order chi connectivity index (χ1) is 7.75. The second-order valence-electron chi connectivity index (χ2n) is 4.10. The first-order valence-electron chi connectivity index (χ1n) is 5.33. The van der Waals surface area contributed by atoms with Gasteiger partial charge in [-0.3, -0.25) is 0 Å². The Hall–Kier alpha value is -1.53. The molecule has 0 heterocycles. The van der Waals surface area contributed by atoms with Crippen LogP contribution in [0, 0.1) is 6.92 Å². The number of fused-ring (bicyclic) bond motifs is 3. The molecule has 0 nitrogen and oxygen atoms in total. The molecule has 3 aromatic carbocycles. The molecule has 78 valence electrons. The van der Waals surface area contributed by atoms with E-state index in [0.29, 0.717) is 0 Å². The summed E-state index contributed by atoms with van der Waals surface area (Å²) in [6, 6.07) is 16.7. The number of rotatable bonds is 0. The van der Waals surface area contributed by atoms with Gasteiger partial charge in [0.25, 0.3) is 0 Å². The zero-order chi connectivity index (χ0) is 11.1. The minimum absolute atomic E-state index is 0.795. The van der Waals surface area contributed by atoms with Crippen LogP contribution in [0.3, 0.4) is 0 Å². The first kappa shape index (κ1) is 9.68. The quantitative estimate of drug-likeness (QED) is 0.476. The van der Waals surface area contributed by atoms with Gasteiger partial charge in [0.15, 0.2) is 0 Å². The molecule has 0 aliphatic rings. The molecule has 0 aromatic heterocycles. The van der Waals surface area contributed by atoms with Crippen molar-refractivity contribution in [2.75, 3.05) is 0 Å². The van der Waals surface area contributed by atoms with E-state index in [1.165, 1.54) is 27.1 Å². The molecular weight excluding hydrogens is 216 g/mol. The van der Waals surface area contributed by atoms with Gasteiger partial charge in [-0.1, -0.05) is 48.0 Å². The zero-order valence-electron chi connectivity index (χ0n) is 9.00. The maximum atomic E-state index is 6.07. The number of aryl methyl sites for hydroxylation is 1. The molecule has 0 unspecified atom stereocenters. The fraction of sp³-hybridized carbons (Fsp3) is 0.0667. The SMILES string of the molecule is Cc1cc2ccccc2c2cc(Cl)ccc12. The van der Waals surface area contributed by atoms with Crippen LogP contribution >= 0.6 is 11.6 Å². The largest absolute Gasteiger partial charge is 0.0843 e. The van der Waals surface area contributed by atoms with Gasteiger partial charge in [0.1, 0.15) is 0 Å². The van der Waals surface area contributed by atoms with Crippen LogP contribution in [0.4, 0.5) is 0 Å². The molecule has 0 radical (unpaired) electrons. The van der Waals surface area contributed by atoms with Crippen LogP contribution in [0.1, 0.15) is 5.56 Å². The Morgan fingerprint density at radius 3 is 2.50 bits per heavy atom. The van der Waals surface area contributed by atoms with Gasteiger partial charge < -0.3 is 0 Å². The molecule has 3 aromatic rings. The Bertz CT molecular complexity index is 683. The monoisotopic (exact) mass is 226 g/mol. The predicted octanol–water partition coefficient (Wildman–Crippen LogP) is 4.95. The molecule has 3 rings (SSSR count). The highest BCUT2D eigenvalue weighted by Gasteiger charge is 2.03. The summed E-state index contributed by atoms with van der Waals surface area (Å²) in [7, 11) is 0. The molecule has 0 saturated heterocycles. The van der Waals surface area contributed by atoms with E-state index >= 15 is 0 Å². The highest BCUT2D eigenvalue weighted by atomic mass is 35.5. The topological polar surface area (TPSA) is 0 Å². The average molecular weight is 227 g/mol. The van der Waals surface area contributed by atoms with Crippen LogP contribution < -0.4 is 0 Å². The van der Waals surface area contributed by atoms with Crippen LogP contribution in [0.2, 0.25) is 5.02 Å². The summed E-state index contributed by atoms with van der Waals surface area (Å²) >= 11 is 6.07. The van der Waals surface area contributed by atoms with E-state index in [1.807, 2.05) is 12.1 Å². The third kappa shape index (κ3) is 1.38. The predicted molar refractivity (Wildman–Crippen MR) is 71.2 cm³/mol. The highest BCUT2D eigenvalue weighted by molar-refractivity contribution is 6.31. The molecule has 16 heavy (non-hydrogen) atoms. The van der Waals surface area contributed by atoms with Crippen LogP contribution in [0.25, 0.3) is 21.5 Å². The van der Waals surface area contributed by atoms with Crippen LogP contribution in [-0.2, 0) is 0 Å². The maximum absolute atomic E-state index is 6.07. The summed E-state index contributed by atoms with van der Waals surface area (Å²) in [4.78, 5) is 0. The number of hydrogen-bond acceptors (Lipinski definition) is 0. The third-order valence-electron chi connectivity index (χ3n) is 3.03. The standard InChI is InChI=1S/C15H11Cl/c1-10-8-11-4-2-3-5-14(11)15-9-12(16)6-7-13(10)15/h2-9H,1H3. The summed E-state index contributed by atoms with van der Waals surface area (Å²) in [5.74, 6) is 0. The Morgan fingerprint density at radius 2 is 1.62 bits per heavy atom. The van der Waals surface area contributed by atoms with Crippen molar-refractivity contribution in [1.29, 1.82) is 0 Å². The lowest BCUT2D eigenvalue weighted by atomic mass is 9.98. The molecule has 0 N–H and O–H groups in total. The second kappa shape index (κ2) is 3.50. The van der Waals surface area contributed by atoms with E-state index in [1.54, 1.807) is 0 Å². The summed E-state index contributed by atoms with van der Waals surface area (Å²) in [6.45, 7) is 2.14. The van der Waals surface area contributed by atoms with Gasteiger partial charge in [-0.05, 0) is 46.2 Å². The molecule has 0 aliphatic heterocycles. The van der Waals surface area contributed by atoms with Gasteiger partial charge in [0.05, 0.1) is 0 Å². The molecule has 0 atom stereocenters. The van der Waals surface area contributed by atoms with Crippen molar-refractivity contribution in [2.45, 2.75) is 6.92 Å². The summed E-state index contributed by atoms with van der Waals surface area (Å²) in [6.07, 6.45) is 0. The lowest BCUT2D eigenvalue weighted by Gasteiger charge is -2.07. The zero-order valence-corrected chi connectivity index (χ0v) is 9.75. The van der Waals surface area contributed by atoms with Crippen molar-refractivity contribution in [2.24, 2.45) is 0 Å². The summed E-state index contributed by atoms with van der Waals surface area (Å²) in [5.41, 5.74) is 1.30. The van der Waals surface area contributed by atoms with Crippen molar-refractivity contribution in [3.05, 3.63) is 59.1 Å². The first-order valence-corrected chi connectivity index (χ1v) is 5.71. The molecular formula is C15H11Cl. The second-order valence-corrected chi connectivity index (χ2v) is 4.54. The molecule has 0 saturated carbocycles. The van der Waals surface area contributed by atoms with Crippen LogP contribution in [0.15, 0.2) is 48.5 Å². The molecule has 0 fully saturated rings. The lowest BCUT2D eigenvalue weighted by molar-refractivity contribution is 1.56. The van der Waals surface area contributed by atoms with Crippen LogP contribution in [-0.4, -0.2) is 0 Å². The van der Waals surface area contributed by atoms with Gasteiger partial charge in [-0.2, -0.15) is 0 Å². The summed E-state index contributed by atoms with van der Waals surface area (Å²) < 4.78 is 0. The van der Waals surface area contributed by atoms with Crippen molar-refractivity contribution in [3.8, 4) is 0 Å². The van der Waals surface area contributed by atoms with Gasteiger partial charge in [0, 0.05) is 5.02 Å². The van der Waals surface area contributed by atoms with Crippen molar-refractivity contribution in [1.82, 2.24) is 0 Å². The fourth-order valence-corrected chi connectivity index (χ4v) is 2.43. The van der Waals surface area contributed by atoms with Gasteiger partial charge in [-0.25, -0.2) is 0 Å². The summed E-state index contributed by atoms with van der Waals surface area (Å²) in [5, 5.41) is 5.86. The number of halogens is 1. The number of benzene rings is 3. The Morgan fingerprint density at radius 1 is 0.812 bits per heavy atom. The third-order valence-corrected chi connectivity index (χ3v) is 3.26. The minimum atomic E-state index is 0.795. The van der Waals surface area contributed by atoms with E-state index < -0.39 is 0 Å². The van der Waals surface area contributed by atoms with Gasteiger partial charge in [0.2, 0.25) is 0 Å². The van der Waals surface area contributed by atoms with E-state index in [2.05, 4.69) is 43.3 Å². The minimum Gasteiger partial charge on any atom is -0.0843 e. The number of hydrogen-bond donors (Lipinski definition) is 0. The lowest BCUT2D eigenvalue weighted by Crippen LogP contribution is -1.82. The van der Waals surface area contributed by atoms with E-state index in [-0.39, 0.29) is 0 Å². The Labute approximate surface area is 99.5 Å². The van der Waals surface area contributed by atoms with Gasteiger partial charge >= 0.3 is 0 Å². The molecule has 0 aliphatic carbocycles. The molecule has 0 bridgehead atoms. The molecule has 1 heteroatoms. The smallest absolute Gasteiger partial charge is 0.0412 e. The van der Waals surface area contributed by atoms with Crippen molar-refractivity contribution in [3.63, 3.8) is 0 Å². The molecule has 0 amide bonds. The van der Waals surface area contributed by atoms with Crippen molar-refractivity contribution < 1.29 is 0 Å². The van der Waals surface area contributed by atoms with E-state index in [0.717, 1.165) is 5.02 Å². The molecule has 0 spiro atoms. The van der Waals surface area contributed by atoms with Crippen LogP contribution in [0.5, 0.6) is 0 Å². The maximum Gasteiger partial charge on any atom is 0.0412 e. The van der Waals surface area contributed by atoms with Crippen molar-refractivity contribution >= 4 is 33.1 Å². The Balaban J connectivity index is 2.61. The average Bonchev–Trinajstić information content (AvgIpc) is 2.29.